The van der Waals surface area contributed by atoms with Gasteiger partial charge in [-0.3, -0.25) is 0 Å². The fraction of sp³-hybridized carbons (Fsp3) is 0.714. The molecule has 4 nitrogen and oxygen atoms in total. The molecule has 1 unspecified atom stereocenters. The van der Waals surface area contributed by atoms with Gasteiger partial charge in [0.25, 0.3) is 0 Å². The van der Waals surface area contributed by atoms with E-state index in [1.54, 1.807) is 11.3 Å². The minimum absolute atomic E-state index is 0. The first-order valence-electron chi connectivity index (χ1n) is 7.37. The van der Waals surface area contributed by atoms with Gasteiger partial charge < -0.3 is 10.6 Å². The standard InChI is InChI=1S/C14H24N4S2.HI/c1-3-13-17-12(10-20-13)8-16-14(15-4-2)18-11-6-5-7-19-9-11;/h10-11H,3-9H2,1-2H3,(H2,15,16,18);1H. The zero-order valence-corrected chi connectivity index (χ0v) is 16.7. The third-order valence-electron chi connectivity index (χ3n) is 3.15. The summed E-state index contributed by atoms with van der Waals surface area (Å²) in [5.41, 5.74) is 1.07. The molecule has 1 atom stereocenters. The van der Waals surface area contributed by atoms with Gasteiger partial charge >= 0.3 is 0 Å². The summed E-state index contributed by atoms with van der Waals surface area (Å²) in [6.07, 6.45) is 3.55. The van der Waals surface area contributed by atoms with Gasteiger partial charge in [-0.15, -0.1) is 35.3 Å². The van der Waals surface area contributed by atoms with Gasteiger partial charge in [0.2, 0.25) is 0 Å². The average molecular weight is 440 g/mol. The van der Waals surface area contributed by atoms with Gasteiger partial charge in [0, 0.05) is 23.7 Å². The number of nitrogens with zero attached hydrogens (tertiary/aromatic N) is 2. The summed E-state index contributed by atoms with van der Waals surface area (Å²) in [6.45, 7) is 5.79. The van der Waals surface area contributed by atoms with Gasteiger partial charge in [-0.1, -0.05) is 6.92 Å². The third kappa shape index (κ3) is 6.73. The Labute approximate surface area is 153 Å². The predicted octanol–water partition coefficient (Wildman–Crippen LogP) is 3.27. The van der Waals surface area contributed by atoms with Crippen LogP contribution in [0.25, 0.3) is 0 Å². The molecule has 2 N–H and O–H groups in total. The molecule has 1 saturated heterocycles. The van der Waals surface area contributed by atoms with Gasteiger partial charge in [-0.05, 0) is 31.9 Å². The largest absolute Gasteiger partial charge is 0.357 e. The van der Waals surface area contributed by atoms with E-state index < -0.39 is 0 Å². The van der Waals surface area contributed by atoms with Crippen LogP contribution in [0.15, 0.2) is 10.4 Å². The molecule has 1 aromatic rings. The second kappa shape index (κ2) is 10.7. The van der Waals surface area contributed by atoms with Gasteiger partial charge in [-0.25, -0.2) is 9.98 Å². The number of rotatable bonds is 5. The lowest BCUT2D eigenvalue weighted by atomic mass is 10.2. The van der Waals surface area contributed by atoms with E-state index in [4.69, 9.17) is 0 Å². The molecule has 0 radical (unpaired) electrons. The van der Waals surface area contributed by atoms with Gasteiger partial charge in [0.1, 0.15) is 0 Å². The zero-order chi connectivity index (χ0) is 14.2. The molecule has 0 spiro atoms. The van der Waals surface area contributed by atoms with Gasteiger partial charge in [0.15, 0.2) is 5.96 Å². The summed E-state index contributed by atoms with van der Waals surface area (Å²) in [7, 11) is 0. The van der Waals surface area contributed by atoms with E-state index in [1.165, 1.54) is 29.4 Å². The molecule has 2 heterocycles. The van der Waals surface area contributed by atoms with E-state index in [1.807, 2.05) is 11.8 Å². The number of aromatic nitrogens is 1. The monoisotopic (exact) mass is 440 g/mol. The first-order valence-corrected chi connectivity index (χ1v) is 9.41. The minimum atomic E-state index is 0. The molecule has 0 saturated carbocycles. The molecule has 2 rings (SSSR count). The fourth-order valence-electron chi connectivity index (χ4n) is 2.11. The highest BCUT2D eigenvalue weighted by Crippen LogP contribution is 2.16. The summed E-state index contributed by atoms with van der Waals surface area (Å²) in [5, 5.41) is 10.2. The summed E-state index contributed by atoms with van der Waals surface area (Å²) >= 11 is 3.75. The number of thiazole rings is 1. The zero-order valence-electron chi connectivity index (χ0n) is 12.7. The number of hydrogen-bond acceptors (Lipinski definition) is 4. The van der Waals surface area contributed by atoms with Crippen LogP contribution < -0.4 is 10.6 Å². The summed E-state index contributed by atoms with van der Waals surface area (Å²) < 4.78 is 0. The van der Waals surface area contributed by atoms with Gasteiger partial charge in [-0.2, -0.15) is 11.8 Å². The lowest BCUT2D eigenvalue weighted by molar-refractivity contribution is 0.582. The first-order chi connectivity index (χ1) is 9.81. The Kier molecular flexibility index (Phi) is 9.66. The molecule has 1 aliphatic rings. The van der Waals surface area contributed by atoms with Crippen LogP contribution >= 0.6 is 47.1 Å². The molecule has 1 aromatic heterocycles. The van der Waals surface area contributed by atoms with Crippen molar-refractivity contribution in [1.29, 1.82) is 0 Å². The van der Waals surface area contributed by atoms with E-state index in [-0.39, 0.29) is 24.0 Å². The predicted molar refractivity (Wildman–Crippen MR) is 105 cm³/mol. The van der Waals surface area contributed by atoms with Crippen LogP contribution in [0.2, 0.25) is 0 Å². The van der Waals surface area contributed by atoms with Crippen molar-refractivity contribution < 1.29 is 0 Å². The normalized spacial score (nSPS) is 19.0. The lowest BCUT2D eigenvalue weighted by Gasteiger charge is -2.24. The van der Waals surface area contributed by atoms with Crippen molar-refractivity contribution in [3.63, 3.8) is 0 Å². The van der Waals surface area contributed by atoms with Gasteiger partial charge in [0.05, 0.1) is 17.2 Å². The van der Waals surface area contributed by atoms with E-state index in [9.17, 15) is 0 Å². The molecule has 0 aliphatic carbocycles. The number of nitrogens with one attached hydrogen (secondary N) is 2. The number of guanidine groups is 1. The second-order valence-corrected chi connectivity index (χ2v) is 6.93. The second-order valence-electron chi connectivity index (χ2n) is 4.84. The Morgan fingerprint density at radius 1 is 1.48 bits per heavy atom. The molecular formula is C14H25IN4S2. The quantitative estimate of drug-likeness (QED) is 0.419. The van der Waals surface area contributed by atoms with Crippen LogP contribution in [0.4, 0.5) is 0 Å². The van der Waals surface area contributed by atoms with Crippen LogP contribution in [0.3, 0.4) is 0 Å². The van der Waals surface area contributed by atoms with E-state index in [2.05, 4.69) is 39.8 Å². The molecule has 0 bridgehead atoms. The molecule has 0 aromatic carbocycles. The Morgan fingerprint density at radius 2 is 2.33 bits per heavy atom. The maximum Gasteiger partial charge on any atom is 0.191 e. The number of thioether (sulfide) groups is 1. The summed E-state index contributed by atoms with van der Waals surface area (Å²) in [5.74, 6) is 3.40. The van der Waals surface area contributed by atoms with Crippen LogP contribution in [0, 0.1) is 0 Å². The van der Waals surface area contributed by atoms with E-state index in [0.717, 1.165) is 24.6 Å². The van der Waals surface area contributed by atoms with Crippen LogP contribution in [0.5, 0.6) is 0 Å². The molecule has 7 heteroatoms. The Bertz CT molecular complexity index is 430. The molecule has 120 valence electrons. The number of aliphatic imine (C=N–C) groups is 1. The van der Waals surface area contributed by atoms with Crippen molar-refractivity contribution in [1.82, 2.24) is 15.6 Å². The highest BCUT2D eigenvalue weighted by molar-refractivity contribution is 14.0. The SMILES string of the molecule is CCNC(=NCc1csc(CC)n1)NC1CCCSC1.I. The number of hydrogen-bond donors (Lipinski definition) is 2. The molecular weight excluding hydrogens is 415 g/mol. The lowest BCUT2D eigenvalue weighted by Crippen LogP contribution is -2.45. The van der Waals surface area contributed by atoms with Crippen molar-refractivity contribution in [2.75, 3.05) is 18.1 Å². The molecule has 1 fully saturated rings. The van der Waals surface area contributed by atoms with Crippen LogP contribution in [0.1, 0.15) is 37.4 Å². The van der Waals surface area contributed by atoms with Crippen molar-refractivity contribution in [3.8, 4) is 0 Å². The van der Waals surface area contributed by atoms with Crippen LogP contribution in [-0.4, -0.2) is 35.0 Å². The third-order valence-corrected chi connectivity index (χ3v) is 5.40. The Balaban J connectivity index is 0.00000220. The Hall–Kier alpha value is -0.0200. The smallest absolute Gasteiger partial charge is 0.191 e. The Morgan fingerprint density at radius 3 is 2.95 bits per heavy atom. The minimum Gasteiger partial charge on any atom is -0.357 e. The van der Waals surface area contributed by atoms with Crippen molar-refractivity contribution in [2.45, 2.75) is 45.7 Å². The number of halogens is 1. The molecule has 1 aliphatic heterocycles. The van der Waals surface area contributed by atoms with E-state index >= 15 is 0 Å². The molecule has 21 heavy (non-hydrogen) atoms. The van der Waals surface area contributed by atoms with Crippen molar-refractivity contribution in [2.24, 2.45) is 4.99 Å². The van der Waals surface area contributed by atoms with Crippen molar-refractivity contribution in [3.05, 3.63) is 16.1 Å². The first kappa shape index (κ1) is 19.0. The maximum absolute atomic E-state index is 4.65. The summed E-state index contributed by atoms with van der Waals surface area (Å²) in [4.78, 5) is 9.21. The highest BCUT2D eigenvalue weighted by Gasteiger charge is 2.14. The average Bonchev–Trinajstić information content (AvgIpc) is 2.94. The molecule has 0 amide bonds. The number of aryl methyl sites for hydroxylation is 1. The maximum atomic E-state index is 4.65. The topological polar surface area (TPSA) is 49.3 Å². The fourth-order valence-corrected chi connectivity index (χ4v) is 3.92. The van der Waals surface area contributed by atoms with Crippen LogP contribution in [-0.2, 0) is 13.0 Å². The summed E-state index contributed by atoms with van der Waals surface area (Å²) in [6, 6.07) is 0.549. The highest BCUT2D eigenvalue weighted by atomic mass is 127. The van der Waals surface area contributed by atoms with E-state index in [0.29, 0.717) is 12.6 Å². The van der Waals surface area contributed by atoms with Crippen molar-refractivity contribution >= 4 is 53.0 Å².